The van der Waals surface area contributed by atoms with Crippen molar-refractivity contribution in [3.63, 3.8) is 0 Å². The Morgan fingerprint density at radius 1 is 1.40 bits per heavy atom. The zero-order chi connectivity index (χ0) is 17.6. The van der Waals surface area contributed by atoms with E-state index in [0.29, 0.717) is 63.3 Å². The van der Waals surface area contributed by atoms with Crippen molar-refractivity contribution in [2.24, 2.45) is 17.8 Å². The lowest BCUT2D eigenvalue weighted by Gasteiger charge is -2.32. The molecule has 0 bridgehead atoms. The van der Waals surface area contributed by atoms with Crippen molar-refractivity contribution in [2.45, 2.75) is 6.42 Å². The molecule has 1 aromatic rings. The van der Waals surface area contributed by atoms with Gasteiger partial charge in [-0.05, 0) is 24.0 Å². The minimum absolute atomic E-state index is 0.00537. The largest absolute Gasteiger partial charge is 0.383 e. The van der Waals surface area contributed by atoms with Crippen LogP contribution in [0.1, 0.15) is 16.8 Å². The molecule has 2 aliphatic heterocycles. The van der Waals surface area contributed by atoms with Crippen molar-refractivity contribution in [1.29, 1.82) is 0 Å². The molecule has 2 saturated heterocycles. The van der Waals surface area contributed by atoms with E-state index >= 15 is 0 Å². The normalized spacial score (nSPS) is 25.5. The number of methoxy groups -OCH3 is 1. The second-order valence-corrected chi connectivity index (χ2v) is 6.72. The predicted molar refractivity (Wildman–Crippen MR) is 90.9 cm³/mol. The molecule has 25 heavy (non-hydrogen) atoms. The molecule has 3 heterocycles. The molecule has 1 N–H and O–H groups in total. The van der Waals surface area contributed by atoms with E-state index in [4.69, 9.17) is 9.47 Å². The zero-order valence-electron chi connectivity index (χ0n) is 14.5. The molecule has 3 atom stereocenters. The van der Waals surface area contributed by atoms with E-state index in [0.717, 1.165) is 0 Å². The van der Waals surface area contributed by atoms with Crippen LogP contribution in [-0.4, -0.2) is 68.3 Å². The van der Waals surface area contributed by atoms with Gasteiger partial charge in [-0.15, -0.1) is 0 Å². The average molecular weight is 347 g/mol. The predicted octanol–water partition coefficient (Wildman–Crippen LogP) is 0.569. The van der Waals surface area contributed by atoms with Gasteiger partial charge in [0, 0.05) is 51.5 Å². The number of carbonyl (C=O) groups excluding carboxylic acids is 2. The van der Waals surface area contributed by atoms with Crippen LogP contribution in [-0.2, 0) is 14.3 Å². The first-order chi connectivity index (χ1) is 12.2. The summed E-state index contributed by atoms with van der Waals surface area (Å²) in [6.45, 7) is 3.62. The van der Waals surface area contributed by atoms with E-state index in [1.807, 2.05) is 4.90 Å². The number of nitrogens with one attached hydrogen (secondary N) is 1. The molecule has 7 nitrogen and oxygen atoms in total. The third kappa shape index (κ3) is 4.35. The van der Waals surface area contributed by atoms with Crippen LogP contribution in [0.4, 0.5) is 0 Å². The summed E-state index contributed by atoms with van der Waals surface area (Å²) < 4.78 is 10.6. The molecule has 136 valence electrons. The Labute approximate surface area is 147 Å². The summed E-state index contributed by atoms with van der Waals surface area (Å²) in [4.78, 5) is 30.6. The number of fused-ring (bicyclic) bond motifs is 1. The highest BCUT2D eigenvalue weighted by molar-refractivity contribution is 5.94. The summed E-state index contributed by atoms with van der Waals surface area (Å²) >= 11 is 0. The summed E-state index contributed by atoms with van der Waals surface area (Å²) in [6, 6.07) is 3.56. The average Bonchev–Trinajstić information content (AvgIpc) is 3.07. The summed E-state index contributed by atoms with van der Waals surface area (Å²) in [6.07, 6.45) is 3.69. The van der Waals surface area contributed by atoms with Gasteiger partial charge in [0.1, 0.15) is 0 Å². The first-order valence-electron chi connectivity index (χ1n) is 8.71. The fraction of sp³-hybridized carbons (Fsp3) is 0.611. The lowest BCUT2D eigenvalue weighted by Crippen LogP contribution is -2.38. The van der Waals surface area contributed by atoms with Crippen molar-refractivity contribution in [1.82, 2.24) is 15.2 Å². The van der Waals surface area contributed by atoms with Gasteiger partial charge in [0.15, 0.2) is 0 Å². The molecule has 0 saturated carbocycles. The number of hydrogen-bond donors (Lipinski definition) is 1. The topological polar surface area (TPSA) is 80.8 Å². The Morgan fingerprint density at radius 2 is 2.28 bits per heavy atom. The van der Waals surface area contributed by atoms with Gasteiger partial charge in [0.05, 0.1) is 25.4 Å². The maximum atomic E-state index is 12.6. The van der Waals surface area contributed by atoms with Crippen LogP contribution in [0.15, 0.2) is 24.5 Å². The van der Waals surface area contributed by atoms with Gasteiger partial charge >= 0.3 is 0 Å². The second-order valence-electron chi connectivity index (χ2n) is 6.72. The number of hydrogen-bond acceptors (Lipinski definition) is 5. The lowest BCUT2D eigenvalue weighted by atomic mass is 9.81. The van der Waals surface area contributed by atoms with Crippen molar-refractivity contribution in [3.05, 3.63) is 30.1 Å². The van der Waals surface area contributed by atoms with Gasteiger partial charge < -0.3 is 19.7 Å². The van der Waals surface area contributed by atoms with Gasteiger partial charge in [-0.1, -0.05) is 0 Å². The highest BCUT2D eigenvalue weighted by Crippen LogP contribution is 2.36. The van der Waals surface area contributed by atoms with Crippen LogP contribution in [0.5, 0.6) is 0 Å². The number of rotatable bonds is 6. The van der Waals surface area contributed by atoms with Gasteiger partial charge in [-0.2, -0.15) is 0 Å². The maximum absolute atomic E-state index is 12.6. The van der Waals surface area contributed by atoms with Crippen LogP contribution >= 0.6 is 0 Å². The highest BCUT2D eigenvalue weighted by atomic mass is 16.5. The van der Waals surface area contributed by atoms with Crippen LogP contribution in [0.25, 0.3) is 0 Å². The molecule has 0 aliphatic carbocycles. The Hall–Kier alpha value is -1.99. The molecule has 0 aromatic carbocycles. The van der Waals surface area contributed by atoms with Crippen molar-refractivity contribution in [3.8, 4) is 0 Å². The lowest BCUT2D eigenvalue weighted by molar-refractivity contribution is -0.124. The van der Waals surface area contributed by atoms with E-state index in [-0.39, 0.29) is 17.7 Å². The number of carbonyl (C=O) groups is 2. The molecule has 1 aromatic heterocycles. The van der Waals surface area contributed by atoms with E-state index in [1.165, 1.54) is 0 Å². The fourth-order valence-corrected chi connectivity index (χ4v) is 3.75. The molecule has 0 spiro atoms. The van der Waals surface area contributed by atoms with E-state index < -0.39 is 0 Å². The molecule has 2 amide bonds. The summed E-state index contributed by atoms with van der Waals surface area (Å²) in [5.74, 6) is 0.774. The van der Waals surface area contributed by atoms with Gasteiger partial charge in [0.2, 0.25) is 5.91 Å². The molecule has 2 aliphatic rings. The Balaban J connectivity index is 1.58. The SMILES string of the molecule is COCCNC(=O)C[C@@H]1COC[C@H]2CN(C(=O)c3cccnc3)C[C@@H]12. The highest BCUT2D eigenvalue weighted by Gasteiger charge is 2.43. The summed E-state index contributed by atoms with van der Waals surface area (Å²) in [5.41, 5.74) is 0.607. The van der Waals surface area contributed by atoms with Crippen molar-refractivity contribution >= 4 is 11.8 Å². The molecule has 0 unspecified atom stereocenters. The Bertz CT molecular complexity index is 595. The third-order valence-electron chi connectivity index (χ3n) is 5.03. The number of likely N-dealkylation sites (tertiary alicyclic amines) is 1. The van der Waals surface area contributed by atoms with Gasteiger partial charge in [0.25, 0.3) is 5.91 Å². The van der Waals surface area contributed by atoms with Crippen LogP contribution in [0.3, 0.4) is 0 Å². The molecule has 2 fully saturated rings. The van der Waals surface area contributed by atoms with Crippen LogP contribution in [0.2, 0.25) is 0 Å². The Morgan fingerprint density at radius 3 is 3.04 bits per heavy atom. The number of nitrogens with zero attached hydrogens (tertiary/aromatic N) is 2. The molecular weight excluding hydrogens is 322 g/mol. The van der Waals surface area contributed by atoms with Gasteiger partial charge in [-0.3, -0.25) is 14.6 Å². The first-order valence-corrected chi connectivity index (χ1v) is 8.71. The smallest absolute Gasteiger partial charge is 0.255 e. The van der Waals surface area contributed by atoms with Crippen molar-refractivity contribution < 1.29 is 19.1 Å². The van der Waals surface area contributed by atoms with E-state index in [2.05, 4.69) is 10.3 Å². The molecule has 0 radical (unpaired) electrons. The molecular formula is C18H25N3O4. The minimum atomic E-state index is 0.00537. The van der Waals surface area contributed by atoms with E-state index in [9.17, 15) is 9.59 Å². The summed E-state index contributed by atoms with van der Waals surface area (Å²) in [7, 11) is 1.61. The van der Waals surface area contributed by atoms with Crippen molar-refractivity contribution in [2.75, 3.05) is 46.6 Å². The number of amides is 2. The second kappa shape index (κ2) is 8.40. The fourth-order valence-electron chi connectivity index (χ4n) is 3.75. The Kier molecular flexibility index (Phi) is 5.99. The third-order valence-corrected chi connectivity index (χ3v) is 5.03. The minimum Gasteiger partial charge on any atom is -0.383 e. The zero-order valence-corrected chi connectivity index (χ0v) is 14.5. The number of pyridine rings is 1. The number of ether oxygens (including phenoxy) is 2. The van der Waals surface area contributed by atoms with Crippen LogP contribution < -0.4 is 5.32 Å². The molecule has 3 rings (SSSR count). The quantitative estimate of drug-likeness (QED) is 0.761. The maximum Gasteiger partial charge on any atom is 0.255 e. The monoisotopic (exact) mass is 347 g/mol. The summed E-state index contributed by atoms with van der Waals surface area (Å²) in [5, 5.41) is 2.86. The first kappa shape index (κ1) is 17.8. The van der Waals surface area contributed by atoms with Gasteiger partial charge in [-0.25, -0.2) is 0 Å². The standard InChI is InChI=1S/C18H25N3O4/c1-24-6-5-20-17(22)7-14-11-25-12-15-9-21(10-16(14)15)18(23)13-3-2-4-19-8-13/h2-4,8,14-16H,5-7,9-12H2,1H3,(H,20,22)/t14-,15-,16+/m1/s1. The van der Waals surface area contributed by atoms with Crippen LogP contribution in [0, 0.1) is 17.8 Å². The molecule has 7 heteroatoms. The van der Waals surface area contributed by atoms with E-state index in [1.54, 1.807) is 31.6 Å². The number of aromatic nitrogens is 1.